The largest absolute Gasteiger partial charge is 0.437 e. The Bertz CT molecular complexity index is 537. The summed E-state index contributed by atoms with van der Waals surface area (Å²) in [5, 5.41) is 9.44. The predicted octanol–water partition coefficient (Wildman–Crippen LogP) is 3.18. The standard InChI is InChI=1S/C11H8BrClN2O2/c12-7-3-8(5-14-4-7)17-11-2-1-9(13)10(6-16)15-11/h1-5,16H,6H2. The number of pyridine rings is 2. The molecule has 1 N–H and O–H groups in total. The van der Waals surface area contributed by atoms with Crippen LogP contribution in [0.25, 0.3) is 0 Å². The number of halogens is 2. The maximum absolute atomic E-state index is 9.03. The Kier molecular flexibility index (Phi) is 3.93. The SMILES string of the molecule is OCc1nc(Oc2cncc(Br)c2)ccc1Cl. The van der Waals surface area contributed by atoms with E-state index in [1.807, 2.05) is 0 Å². The van der Waals surface area contributed by atoms with Gasteiger partial charge in [-0.15, -0.1) is 0 Å². The van der Waals surface area contributed by atoms with Crippen LogP contribution in [0.3, 0.4) is 0 Å². The lowest BCUT2D eigenvalue weighted by Gasteiger charge is -2.06. The Labute approximate surface area is 111 Å². The number of rotatable bonds is 3. The van der Waals surface area contributed by atoms with E-state index in [9.17, 15) is 0 Å². The first-order valence-corrected chi connectivity index (χ1v) is 5.91. The van der Waals surface area contributed by atoms with Crippen LogP contribution < -0.4 is 4.74 Å². The van der Waals surface area contributed by atoms with Crippen molar-refractivity contribution in [3.8, 4) is 11.6 Å². The summed E-state index contributed by atoms with van der Waals surface area (Å²) in [6, 6.07) is 5.02. The Morgan fingerprint density at radius 2 is 2.18 bits per heavy atom. The molecule has 0 spiro atoms. The Morgan fingerprint density at radius 3 is 2.88 bits per heavy atom. The summed E-state index contributed by atoms with van der Waals surface area (Å²) in [7, 11) is 0. The van der Waals surface area contributed by atoms with Gasteiger partial charge in [-0.05, 0) is 28.1 Å². The fraction of sp³-hybridized carbons (Fsp3) is 0.0909. The van der Waals surface area contributed by atoms with E-state index in [0.29, 0.717) is 22.3 Å². The minimum atomic E-state index is -0.229. The molecule has 2 aromatic heterocycles. The third kappa shape index (κ3) is 3.15. The minimum Gasteiger partial charge on any atom is -0.437 e. The van der Waals surface area contributed by atoms with Crippen LogP contribution in [0.4, 0.5) is 0 Å². The lowest BCUT2D eigenvalue weighted by molar-refractivity contribution is 0.275. The number of nitrogens with zero attached hydrogens (tertiary/aromatic N) is 2. The molecule has 0 bridgehead atoms. The smallest absolute Gasteiger partial charge is 0.219 e. The van der Waals surface area contributed by atoms with Gasteiger partial charge in [0.1, 0.15) is 5.75 Å². The summed E-state index contributed by atoms with van der Waals surface area (Å²) in [6.07, 6.45) is 3.22. The highest BCUT2D eigenvalue weighted by Crippen LogP contribution is 2.24. The molecule has 0 aliphatic rings. The van der Waals surface area contributed by atoms with Gasteiger partial charge in [-0.1, -0.05) is 11.6 Å². The van der Waals surface area contributed by atoms with Crippen molar-refractivity contribution in [3.05, 3.63) is 45.8 Å². The fourth-order valence-corrected chi connectivity index (χ4v) is 1.71. The van der Waals surface area contributed by atoms with E-state index >= 15 is 0 Å². The summed E-state index contributed by atoms with van der Waals surface area (Å²) in [5.74, 6) is 0.913. The molecule has 2 aromatic rings. The van der Waals surface area contributed by atoms with E-state index in [1.54, 1.807) is 30.6 Å². The van der Waals surface area contributed by atoms with E-state index in [0.717, 1.165) is 4.47 Å². The van der Waals surface area contributed by atoms with Crippen molar-refractivity contribution in [1.82, 2.24) is 9.97 Å². The van der Waals surface area contributed by atoms with Gasteiger partial charge in [0.25, 0.3) is 0 Å². The van der Waals surface area contributed by atoms with Crippen molar-refractivity contribution in [2.45, 2.75) is 6.61 Å². The molecular weight excluding hydrogens is 307 g/mol. The van der Waals surface area contributed by atoms with Gasteiger partial charge in [0.2, 0.25) is 5.88 Å². The summed E-state index contributed by atoms with van der Waals surface area (Å²) < 4.78 is 6.29. The Morgan fingerprint density at radius 1 is 1.35 bits per heavy atom. The van der Waals surface area contributed by atoms with Crippen LogP contribution in [0.1, 0.15) is 5.69 Å². The number of ether oxygens (including phenoxy) is 1. The molecule has 17 heavy (non-hydrogen) atoms. The van der Waals surface area contributed by atoms with Gasteiger partial charge in [0.15, 0.2) is 0 Å². The molecule has 0 fully saturated rings. The average Bonchev–Trinajstić information content (AvgIpc) is 2.32. The molecule has 0 aromatic carbocycles. The first kappa shape index (κ1) is 12.3. The lowest BCUT2D eigenvalue weighted by Crippen LogP contribution is -1.94. The summed E-state index contributed by atoms with van der Waals surface area (Å²) in [5.41, 5.74) is 0.382. The molecule has 0 saturated carbocycles. The Hall–Kier alpha value is -1.17. The second kappa shape index (κ2) is 5.44. The van der Waals surface area contributed by atoms with Crippen LogP contribution >= 0.6 is 27.5 Å². The van der Waals surface area contributed by atoms with Gasteiger partial charge in [0, 0.05) is 16.7 Å². The van der Waals surface area contributed by atoms with E-state index in [4.69, 9.17) is 21.4 Å². The predicted molar refractivity (Wildman–Crippen MR) is 67.2 cm³/mol. The van der Waals surface area contributed by atoms with Crippen LogP contribution in [-0.2, 0) is 6.61 Å². The van der Waals surface area contributed by atoms with Crippen LogP contribution in [0.5, 0.6) is 11.6 Å². The topological polar surface area (TPSA) is 55.2 Å². The van der Waals surface area contributed by atoms with Crippen molar-refractivity contribution in [2.24, 2.45) is 0 Å². The molecule has 0 saturated heterocycles. The number of aliphatic hydroxyl groups excluding tert-OH is 1. The third-order valence-corrected chi connectivity index (χ3v) is 2.72. The molecule has 0 aliphatic carbocycles. The summed E-state index contributed by atoms with van der Waals surface area (Å²) in [6.45, 7) is -0.229. The molecule has 0 amide bonds. The van der Waals surface area contributed by atoms with Crippen molar-refractivity contribution in [1.29, 1.82) is 0 Å². The van der Waals surface area contributed by atoms with Gasteiger partial charge < -0.3 is 9.84 Å². The highest BCUT2D eigenvalue weighted by atomic mass is 79.9. The molecule has 0 unspecified atom stereocenters. The summed E-state index contributed by atoms with van der Waals surface area (Å²) in [4.78, 5) is 8.03. The minimum absolute atomic E-state index is 0.229. The van der Waals surface area contributed by atoms with Crippen molar-refractivity contribution in [2.75, 3.05) is 0 Å². The number of hydrogen-bond donors (Lipinski definition) is 1. The zero-order chi connectivity index (χ0) is 12.3. The number of hydrogen-bond acceptors (Lipinski definition) is 4. The first-order chi connectivity index (χ1) is 8.19. The highest BCUT2D eigenvalue weighted by molar-refractivity contribution is 9.10. The maximum Gasteiger partial charge on any atom is 0.219 e. The van der Waals surface area contributed by atoms with E-state index in [-0.39, 0.29) is 6.61 Å². The molecule has 2 heterocycles. The van der Waals surface area contributed by atoms with E-state index in [2.05, 4.69) is 25.9 Å². The Balaban J connectivity index is 2.24. The van der Waals surface area contributed by atoms with Crippen LogP contribution in [0.15, 0.2) is 35.1 Å². The van der Waals surface area contributed by atoms with Gasteiger partial charge >= 0.3 is 0 Å². The van der Waals surface area contributed by atoms with Gasteiger partial charge in [0.05, 0.1) is 23.5 Å². The monoisotopic (exact) mass is 314 g/mol. The van der Waals surface area contributed by atoms with Gasteiger partial charge in [-0.3, -0.25) is 4.98 Å². The molecule has 88 valence electrons. The summed E-state index contributed by atoms with van der Waals surface area (Å²) >= 11 is 9.12. The second-order valence-electron chi connectivity index (χ2n) is 3.18. The zero-order valence-electron chi connectivity index (χ0n) is 8.60. The van der Waals surface area contributed by atoms with Crippen molar-refractivity contribution >= 4 is 27.5 Å². The van der Waals surface area contributed by atoms with Gasteiger partial charge in [-0.2, -0.15) is 0 Å². The van der Waals surface area contributed by atoms with Crippen LogP contribution in [0, 0.1) is 0 Å². The molecule has 4 nitrogen and oxygen atoms in total. The van der Waals surface area contributed by atoms with Gasteiger partial charge in [-0.25, -0.2) is 4.98 Å². The number of aliphatic hydroxyl groups is 1. The fourth-order valence-electron chi connectivity index (χ4n) is 1.20. The molecule has 0 radical (unpaired) electrons. The molecule has 0 atom stereocenters. The lowest BCUT2D eigenvalue weighted by atomic mass is 10.3. The van der Waals surface area contributed by atoms with Crippen LogP contribution in [-0.4, -0.2) is 15.1 Å². The molecule has 6 heteroatoms. The normalized spacial score (nSPS) is 10.3. The van der Waals surface area contributed by atoms with Crippen molar-refractivity contribution < 1.29 is 9.84 Å². The van der Waals surface area contributed by atoms with Crippen LogP contribution in [0.2, 0.25) is 5.02 Å². The zero-order valence-corrected chi connectivity index (χ0v) is 10.9. The molecule has 2 rings (SSSR count). The van der Waals surface area contributed by atoms with Crippen molar-refractivity contribution in [3.63, 3.8) is 0 Å². The second-order valence-corrected chi connectivity index (χ2v) is 4.50. The molecular formula is C11H8BrClN2O2. The van der Waals surface area contributed by atoms with E-state index in [1.165, 1.54) is 0 Å². The first-order valence-electron chi connectivity index (χ1n) is 4.73. The highest BCUT2D eigenvalue weighted by Gasteiger charge is 2.05. The number of aromatic nitrogens is 2. The van der Waals surface area contributed by atoms with E-state index < -0.39 is 0 Å². The third-order valence-electron chi connectivity index (χ3n) is 1.95. The maximum atomic E-state index is 9.03. The molecule has 0 aliphatic heterocycles. The quantitative estimate of drug-likeness (QED) is 0.945. The average molecular weight is 316 g/mol.